The molecule has 158 valence electrons. The summed E-state index contributed by atoms with van der Waals surface area (Å²) in [6.45, 7) is 3.85. The van der Waals surface area contributed by atoms with Crippen molar-refractivity contribution < 1.29 is 9.84 Å². The Labute approximate surface area is 176 Å². The van der Waals surface area contributed by atoms with Gasteiger partial charge in [-0.1, -0.05) is 18.2 Å². The fourth-order valence-electron chi connectivity index (χ4n) is 4.02. The van der Waals surface area contributed by atoms with Crippen LogP contribution in [0.4, 0.5) is 17.5 Å². The molecule has 1 saturated carbocycles. The zero-order valence-electron chi connectivity index (χ0n) is 17.0. The molecule has 0 unspecified atom stereocenters. The molecule has 0 atom stereocenters. The summed E-state index contributed by atoms with van der Waals surface area (Å²) in [6, 6.07) is 10.7. The van der Waals surface area contributed by atoms with Crippen LogP contribution in [0.25, 0.3) is 0 Å². The Balaban J connectivity index is 1.45. The Kier molecular flexibility index (Phi) is 6.62. The van der Waals surface area contributed by atoms with Gasteiger partial charge >= 0.3 is 0 Å². The Morgan fingerprint density at radius 3 is 2.70 bits per heavy atom. The van der Waals surface area contributed by atoms with Crippen LogP contribution < -0.4 is 15.5 Å². The second-order valence-corrected chi connectivity index (χ2v) is 7.80. The fourth-order valence-corrected chi connectivity index (χ4v) is 4.02. The highest BCUT2D eigenvalue weighted by atomic mass is 16.5. The zero-order valence-corrected chi connectivity index (χ0v) is 17.0. The van der Waals surface area contributed by atoms with Crippen LogP contribution in [0, 0.1) is 11.3 Å². The van der Waals surface area contributed by atoms with Crippen molar-refractivity contribution in [2.24, 2.45) is 0 Å². The monoisotopic (exact) mass is 408 g/mol. The molecule has 2 fully saturated rings. The third-order valence-electron chi connectivity index (χ3n) is 5.73. The minimum absolute atomic E-state index is 0.213. The number of anilines is 3. The number of hydrogen-bond acceptors (Lipinski definition) is 8. The molecule has 1 aromatic carbocycles. The highest BCUT2D eigenvalue weighted by Crippen LogP contribution is 2.25. The molecular formula is C22H28N6O2. The quantitative estimate of drug-likeness (QED) is 0.669. The molecule has 0 radical (unpaired) electrons. The van der Waals surface area contributed by atoms with Crippen LogP contribution in [0.1, 0.15) is 36.8 Å². The van der Waals surface area contributed by atoms with E-state index in [0.29, 0.717) is 23.9 Å². The van der Waals surface area contributed by atoms with E-state index in [-0.39, 0.29) is 12.1 Å². The maximum atomic E-state index is 9.71. The summed E-state index contributed by atoms with van der Waals surface area (Å²) < 4.78 is 5.47. The van der Waals surface area contributed by atoms with Crippen LogP contribution in [0.3, 0.4) is 0 Å². The number of para-hydroxylation sites is 1. The molecule has 0 amide bonds. The Hall–Kier alpha value is -2.89. The molecule has 1 aromatic heterocycles. The average molecular weight is 409 g/mol. The summed E-state index contributed by atoms with van der Waals surface area (Å²) in [4.78, 5) is 11.2. The van der Waals surface area contributed by atoms with Gasteiger partial charge in [-0.2, -0.15) is 10.2 Å². The third-order valence-corrected chi connectivity index (χ3v) is 5.73. The van der Waals surface area contributed by atoms with Gasteiger partial charge in [0.2, 0.25) is 5.95 Å². The summed E-state index contributed by atoms with van der Waals surface area (Å²) in [6.07, 6.45) is 4.62. The summed E-state index contributed by atoms with van der Waals surface area (Å²) in [7, 11) is 0. The molecule has 0 bridgehead atoms. The Morgan fingerprint density at radius 2 is 1.93 bits per heavy atom. The molecule has 3 N–H and O–H groups in total. The van der Waals surface area contributed by atoms with Crippen molar-refractivity contribution in [2.75, 3.05) is 41.8 Å². The summed E-state index contributed by atoms with van der Waals surface area (Å²) in [5.41, 5.74) is 2.80. The van der Waals surface area contributed by atoms with Crippen LogP contribution in [0.15, 0.2) is 30.5 Å². The van der Waals surface area contributed by atoms with Gasteiger partial charge in [-0.05, 0) is 37.3 Å². The number of hydrogen-bond donors (Lipinski definition) is 3. The van der Waals surface area contributed by atoms with Gasteiger partial charge in [0.05, 0.1) is 25.5 Å². The van der Waals surface area contributed by atoms with Crippen LogP contribution in [-0.4, -0.2) is 53.5 Å². The van der Waals surface area contributed by atoms with Crippen molar-refractivity contribution in [3.05, 3.63) is 41.6 Å². The maximum Gasteiger partial charge on any atom is 0.224 e. The first-order valence-corrected chi connectivity index (χ1v) is 10.6. The first-order chi connectivity index (χ1) is 14.7. The van der Waals surface area contributed by atoms with Crippen LogP contribution in [-0.2, 0) is 11.3 Å². The zero-order chi connectivity index (χ0) is 20.8. The number of rotatable bonds is 6. The Morgan fingerprint density at radius 1 is 1.17 bits per heavy atom. The molecule has 1 saturated heterocycles. The number of morpholine rings is 1. The van der Waals surface area contributed by atoms with Gasteiger partial charge in [-0.25, -0.2) is 4.98 Å². The molecule has 0 spiro atoms. The fraction of sp³-hybridized carbons (Fsp3) is 0.500. The van der Waals surface area contributed by atoms with E-state index in [1.807, 2.05) is 6.07 Å². The first kappa shape index (κ1) is 20.4. The molecular weight excluding hydrogens is 380 g/mol. The summed E-state index contributed by atoms with van der Waals surface area (Å²) >= 11 is 0. The van der Waals surface area contributed by atoms with Crippen molar-refractivity contribution >= 4 is 17.5 Å². The van der Waals surface area contributed by atoms with E-state index in [4.69, 9.17) is 4.74 Å². The SMILES string of the molecule is N#Cc1cnc(NCc2ccccc2N2CCOCC2)nc1NC1CCC(O)CC1. The molecule has 2 heterocycles. The predicted octanol–water partition coefficient (Wildman–Crippen LogP) is 2.51. The van der Waals surface area contributed by atoms with Gasteiger partial charge in [0.25, 0.3) is 0 Å². The predicted molar refractivity (Wildman–Crippen MR) is 115 cm³/mol. The summed E-state index contributed by atoms with van der Waals surface area (Å²) in [5, 5.41) is 25.8. The third kappa shape index (κ3) is 4.99. The number of ether oxygens (including phenoxy) is 1. The van der Waals surface area contributed by atoms with Gasteiger partial charge in [-0.15, -0.1) is 0 Å². The lowest BCUT2D eigenvalue weighted by atomic mass is 9.93. The van der Waals surface area contributed by atoms with Gasteiger partial charge in [-0.3, -0.25) is 0 Å². The molecule has 2 aromatic rings. The molecule has 1 aliphatic heterocycles. The lowest BCUT2D eigenvalue weighted by Crippen LogP contribution is -2.36. The van der Waals surface area contributed by atoms with Gasteiger partial charge < -0.3 is 25.4 Å². The van der Waals surface area contributed by atoms with E-state index in [1.165, 1.54) is 11.3 Å². The maximum absolute atomic E-state index is 9.71. The van der Waals surface area contributed by atoms with Gasteiger partial charge in [0.1, 0.15) is 17.5 Å². The summed E-state index contributed by atoms with van der Waals surface area (Å²) in [5.74, 6) is 1.04. The number of nitriles is 1. The molecule has 1 aliphatic carbocycles. The molecule has 2 aliphatic rings. The number of nitrogens with zero attached hydrogens (tertiary/aromatic N) is 4. The van der Waals surface area contributed by atoms with Crippen LogP contribution >= 0.6 is 0 Å². The molecule has 8 heteroatoms. The molecule has 8 nitrogen and oxygen atoms in total. The standard InChI is InChI=1S/C22H28N6O2/c23-13-17-15-25-22(27-21(17)26-18-5-7-19(29)8-6-18)24-14-16-3-1-2-4-20(16)28-9-11-30-12-10-28/h1-4,15,18-19,29H,5-12,14H2,(H2,24,25,26,27). The number of aliphatic hydroxyl groups is 1. The van der Waals surface area contributed by atoms with Crippen molar-refractivity contribution in [2.45, 2.75) is 44.4 Å². The van der Waals surface area contributed by atoms with E-state index in [2.05, 4.69) is 49.8 Å². The van der Waals surface area contributed by atoms with Crippen molar-refractivity contribution in [3.63, 3.8) is 0 Å². The largest absolute Gasteiger partial charge is 0.393 e. The second-order valence-electron chi connectivity index (χ2n) is 7.80. The minimum atomic E-state index is -0.215. The van der Waals surface area contributed by atoms with E-state index in [1.54, 1.807) is 6.20 Å². The molecule has 4 rings (SSSR count). The average Bonchev–Trinajstić information content (AvgIpc) is 2.80. The van der Waals surface area contributed by atoms with Gasteiger partial charge in [0, 0.05) is 31.4 Å². The van der Waals surface area contributed by atoms with Gasteiger partial charge in [0.15, 0.2) is 0 Å². The van der Waals surface area contributed by atoms with E-state index < -0.39 is 0 Å². The number of benzene rings is 1. The second kappa shape index (κ2) is 9.74. The lowest BCUT2D eigenvalue weighted by molar-refractivity contribution is 0.122. The normalized spacial score (nSPS) is 21.7. The number of aromatic nitrogens is 2. The number of aliphatic hydroxyl groups excluding tert-OH is 1. The van der Waals surface area contributed by atoms with Crippen LogP contribution in [0.5, 0.6) is 0 Å². The number of nitrogens with one attached hydrogen (secondary N) is 2. The smallest absolute Gasteiger partial charge is 0.224 e. The van der Waals surface area contributed by atoms with Crippen molar-refractivity contribution in [1.29, 1.82) is 5.26 Å². The highest BCUT2D eigenvalue weighted by Gasteiger charge is 2.21. The van der Waals surface area contributed by atoms with Crippen LogP contribution in [0.2, 0.25) is 0 Å². The minimum Gasteiger partial charge on any atom is -0.393 e. The molecule has 30 heavy (non-hydrogen) atoms. The Bertz CT molecular complexity index is 885. The lowest BCUT2D eigenvalue weighted by Gasteiger charge is -2.30. The van der Waals surface area contributed by atoms with Crippen molar-refractivity contribution in [3.8, 4) is 6.07 Å². The van der Waals surface area contributed by atoms with E-state index >= 15 is 0 Å². The highest BCUT2D eigenvalue weighted by molar-refractivity contribution is 5.56. The van der Waals surface area contributed by atoms with Crippen molar-refractivity contribution in [1.82, 2.24) is 9.97 Å². The van der Waals surface area contributed by atoms with E-state index in [0.717, 1.165) is 52.0 Å². The topological polar surface area (TPSA) is 106 Å². The first-order valence-electron chi connectivity index (χ1n) is 10.6. The van der Waals surface area contributed by atoms with E-state index in [9.17, 15) is 10.4 Å².